The number of ether oxygens (including phenoxy) is 1. The molecule has 0 fully saturated rings. The van der Waals surface area contributed by atoms with Crippen molar-refractivity contribution in [3.63, 3.8) is 0 Å². The van der Waals surface area contributed by atoms with Gasteiger partial charge in [-0.05, 0) is 83.5 Å². The molecule has 0 bridgehead atoms. The Hall–Kier alpha value is -2.36. The van der Waals surface area contributed by atoms with Gasteiger partial charge in [0.25, 0.3) is 0 Å². The Kier molecular flexibility index (Phi) is 35.2. The lowest BCUT2D eigenvalue weighted by atomic mass is 10.0. The van der Waals surface area contributed by atoms with Crippen LogP contribution in [0.2, 0.25) is 0 Å². The summed E-state index contributed by atoms with van der Waals surface area (Å²) in [5.41, 5.74) is 0. The van der Waals surface area contributed by atoms with Gasteiger partial charge in [0.15, 0.2) is 0 Å². The fourth-order valence-electron chi connectivity index (χ4n) is 5.45. The van der Waals surface area contributed by atoms with Crippen LogP contribution in [0.25, 0.3) is 0 Å². The smallest absolute Gasteiger partial charge is 0.306 e. The van der Waals surface area contributed by atoms with Crippen LogP contribution in [-0.4, -0.2) is 23.1 Å². The third-order valence-electron chi connectivity index (χ3n) is 8.25. The quantitative estimate of drug-likeness (QED) is 0.0432. The van der Waals surface area contributed by atoms with Gasteiger partial charge in [-0.25, -0.2) is 0 Å². The lowest BCUT2D eigenvalue weighted by Crippen LogP contribution is -2.18. The highest BCUT2D eigenvalue weighted by Gasteiger charge is 2.14. The van der Waals surface area contributed by atoms with E-state index in [0.29, 0.717) is 12.8 Å². The van der Waals surface area contributed by atoms with Gasteiger partial charge in [0, 0.05) is 12.8 Å². The van der Waals surface area contributed by atoms with Crippen molar-refractivity contribution in [1.29, 1.82) is 0 Å². The Morgan fingerprint density at radius 1 is 0.500 bits per heavy atom. The van der Waals surface area contributed by atoms with E-state index in [4.69, 9.17) is 9.84 Å². The van der Waals surface area contributed by atoms with E-state index in [1.54, 1.807) is 0 Å². The molecule has 0 saturated heterocycles. The molecule has 0 aromatic heterocycles. The van der Waals surface area contributed by atoms with Crippen molar-refractivity contribution in [2.45, 2.75) is 193 Å². The van der Waals surface area contributed by atoms with Gasteiger partial charge in [0.2, 0.25) is 0 Å². The van der Waals surface area contributed by atoms with Crippen molar-refractivity contribution in [3.8, 4) is 0 Å². The normalized spacial score (nSPS) is 12.9. The molecule has 0 rings (SSSR count). The van der Waals surface area contributed by atoms with Crippen LogP contribution in [-0.2, 0) is 14.3 Å². The van der Waals surface area contributed by atoms with Crippen LogP contribution in [0.3, 0.4) is 0 Å². The number of hydrogen-bond donors (Lipinski definition) is 1. The first-order chi connectivity index (χ1) is 22.6. The molecule has 0 radical (unpaired) electrons. The summed E-state index contributed by atoms with van der Waals surface area (Å²) in [6.07, 6.45) is 51.2. The number of esters is 1. The van der Waals surface area contributed by atoms with Crippen LogP contribution in [0, 0.1) is 0 Å². The molecule has 0 aliphatic rings. The number of rotatable bonds is 34. The number of carboxylic acid groups (broad SMARTS) is 1. The maximum Gasteiger partial charge on any atom is 0.306 e. The average Bonchev–Trinajstić information content (AvgIpc) is 3.04. The van der Waals surface area contributed by atoms with Crippen molar-refractivity contribution in [1.82, 2.24) is 0 Å². The van der Waals surface area contributed by atoms with Crippen LogP contribution in [0.4, 0.5) is 0 Å². The Balaban J connectivity index is 3.91. The van der Waals surface area contributed by atoms with Crippen molar-refractivity contribution < 1.29 is 19.4 Å². The van der Waals surface area contributed by atoms with E-state index in [9.17, 15) is 9.59 Å². The maximum atomic E-state index is 12.6. The second-order valence-electron chi connectivity index (χ2n) is 12.7. The van der Waals surface area contributed by atoms with Gasteiger partial charge in [-0.2, -0.15) is 0 Å². The zero-order chi connectivity index (χ0) is 33.6. The Bertz CT molecular complexity index is 820. The minimum atomic E-state index is -0.679. The number of unbranched alkanes of at least 4 members (excludes halogenated alkanes) is 15. The Labute approximate surface area is 284 Å². The number of hydrogen-bond acceptors (Lipinski definition) is 3. The van der Waals surface area contributed by atoms with E-state index in [2.05, 4.69) is 74.6 Å². The molecule has 0 aliphatic heterocycles. The lowest BCUT2D eigenvalue weighted by molar-refractivity contribution is -0.150. The topological polar surface area (TPSA) is 63.6 Å². The first-order valence-electron chi connectivity index (χ1n) is 19.3. The first-order valence-corrected chi connectivity index (χ1v) is 19.3. The highest BCUT2D eigenvalue weighted by molar-refractivity contribution is 5.69. The highest BCUT2D eigenvalue weighted by atomic mass is 16.5. The van der Waals surface area contributed by atoms with Gasteiger partial charge in [0.1, 0.15) is 6.10 Å². The second kappa shape index (κ2) is 37.1. The molecule has 1 atom stereocenters. The van der Waals surface area contributed by atoms with Gasteiger partial charge in [0.05, 0.1) is 0 Å². The predicted molar refractivity (Wildman–Crippen MR) is 199 cm³/mol. The molecule has 4 heteroatoms. The maximum absolute atomic E-state index is 12.6. The lowest BCUT2D eigenvalue weighted by Gasteiger charge is -2.18. The van der Waals surface area contributed by atoms with Gasteiger partial charge in [-0.15, -0.1) is 0 Å². The second-order valence-corrected chi connectivity index (χ2v) is 12.7. The molecule has 1 N–H and O–H groups in total. The summed E-state index contributed by atoms with van der Waals surface area (Å²) < 4.78 is 5.97. The number of allylic oxidation sites excluding steroid dienone is 10. The fraction of sp³-hybridized carbons (Fsp3) is 0.714. The summed E-state index contributed by atoms with van der Waals surface area (Å²) in [6.45, 7) is 4.39. The molecule has 0 aromatic rings. The SMILES string of the molecule is CC/C=C\C/C=C\C/C=C\C/C=C\C/C=C\CCCCCC(=O)OC(CCCCCC)CCCCCCCCCCCCC(=O)O. The summed E-state index contributed by atoms with van der Waals surface area (Å²) in [6, 6.07) is 0. The van der Waals surface area contributed by atoms with E-state index in [1.165, 1.54) is 57.8 Å². The molecule has 1 unspecified atom stereocenters. The number of aliphatic carboxylic acids is 1. The molecule has 0 spiro atoms. The van der Waals surface area contributed by atoms with Crippen molar-refractivity contribution >= 4 is 11.9 Å². The van der Waals surface area contributed by atoms with Gasteiger partial charge in [-0.1, -0.05) is 152 Å². The van der Waals surface area contributed by atoms with Crippen molar-refractivity contribution in [2.24, 2.45) is 0 Å². The van der Waals surface area contributed by atoms with E-state index >= 15 is 0 Å². The largest absolute Gasteiger partial charge is 0.481 e. The van der Waals surface area contributed by atoms with E-state index in [1.807, 2.05) is 0 Å². The van der Waals surface area contributed by atoms with Crippen LogP contribution in [0.5, 0.6) is 0 Å². The zero-order valence-electron chi connectivity index (χ0n) is 30.1. The van der Waals surface area contributed by atoms with Crippen molar-refractivity contribution in [3.05, 3.63) is 60.8 Å². The predicted octanol–water partition coefficient (Wildman–Crippen LogP) is 13.3. The highest BCUT2D eigenvalue weighted by Crippen LogP contribution is 2.18. The summed E-state index contributed by atoms with van der Waals surface area (Å²) in [5.74, 6) is -0.680. The molecule has 46 heavy (non-hydrogen) atoms. The third-order valence-corrected chi connectivity index (χ3v) is 8.25. The van der Waals surface area contributed by atoms with Crippen LogP contribution in [0.1, 0.15) is 187 Å². The number of carbonyl (C=O) groups excluding carboxylic acids is 1. The van der Waals surface area contributed by atoms with Crippen LogP contribution in [0.15, 0.2) is 60.8 Å². The molecular weight excluding hydrogens is 568 g/mol. The summed E-state index contributed by atoms with van der Waals surface area (Å²) in [5, 5.41) is 8.70. The standard InChI is InChI=1S/C42H72O4/c1-3-5-7-9-10-11-12-13-14-15-16-17-18-19-20-25-28-31-35-39-42(45)46-40(36-32-8-6-4-2)37-33-29-26-23-21-22-24-27-30-34-38-41(43)44/h5,7,10-11,13-14,16-17,19-20,40H,3-4,6,8-9,12,15,18,21-39H2,1-2H3,(H,43,44)/b7-5-,11-10-,14-13-,17-16-,20-19-. The summed E-state index contributed by atoms with van der Waals surface area (Å²) in [7, 11) is 0. The van der Waals surface area contributed by atoms with Gasteiger partial charge >= 0.3 is 11.9 Å². The molecule has 0 aliphatic carbocycles. The van der Waals surface area contributed by atoms with Gasteiger partial charge < -0.3 is 9.84 Å². The number of carbonyl (C=O) groups is 2. The molecule has 264 valence electrons. The van der Waals surface area contributed by atoms with E-state index < -0.39 is 5.97 Å². The molecule has 0 amide bonds. The van der Waals surface area contributed by atoms with E-state index in [0.717, 1.165) is 103 Å². The fourth-order valence-corrected chi connectivity index (χ4v) is 5.45. The van der Waals surface area contributed by atoms with E-state index in [-0.39, 0.29) is 12.1 Å². The number of carboxylic acids is 1. The Morgan fingerprint density at radius 2 is 0.913 bits per heavy atom. The monoisotopic (exact) mass is 641 g/mol. The van der Waals surface area contributed by atoms with Crippen LogP contribution < -0.4 is 0 Å². The molecule has 0 aromatic carbocycles. The first kappa shape index (κ1) is 43.6. The molecule has 4 nitrogen and oxygen atoms in total. The summed E-state index contributed by atoms with van der Waals surface area (Å²) >= 11 is 0. The molecule has 0 heterocycles. The zero-order valence-corrected chi connectivity index (χ0v) is 30.1. The molecule has 0 saturated carbocycles. The minimum absolute atomic E-state index is 0.00118. The Morgan fingerprint density at radius 3 is 1.41 bits per heavy atom. The van der Waals surface area contributed by atoms with Crippen LogP contribution >= 0.6 is 0 Å². The summed E-state index contributed by atoms with van der Waals surface area (Å²) in [4.78, 5) is 23.1. The minimum Gasteiger partial charge on any atom is -0.481 e. The van der Waals surface area contributed by atoms with Crippen molar-refractivity contribution in [2.75, 3.05) is 0 Å². The van der Waals surface area contributed by atoms with Gasteiger partial charge in [-0.3, -0.25) is 9.59 Å². The third kappa shape index (κ3) is 36.1. The molecular formula is C42H72O4. The average molecular weight is 641 g/mol.